The molecule has 0 aliphatic carbocycles. The second-order valence-electron chi connectivity index (χ2n) is 5.20. The molecule has 1 aromatic carbocycles. The highest BCUT2D eigenvalue weighted by molar-refractivity contribution is 9.10. The molecule has 0 fully saturated rings. The topological polar surface area (TPSA) is 30.5 Å². The Morgan fingerprint density at radius 2 is 2.18 bits per heavy atom. The molecular formula is C13H18BrNO2. The van der Waals surface area contributed by atoms with Crippen LogP contribution in [0.2, 0.25) is 0 Å². The standard InChI is InChI=1S/C13H18BrNO2/c1-13(2,3)17-15-11-6-7-16-12-5-4-9(14)8-10(11)12/h4-5,8,11,15H,6-7H2,1-3H3. The van der Waals surface area contributed by atoms with Gasteiger partial charge in [0.2, 0.25) is 0 Å². The van der Waals surface area contributed by atoms with Gasteiger partial charge in [-0.15, -0.1) is 0 Å². The maximum atomic E-state index is 5.64. The largest absolute Gasteiger partial charge is 0.493 e. The van der Waals surface area contributed by atoms with E-state index in [0.29, 0.717) is 0 Å². The van der Waals surface area contributed by atoms with E-state index in [1.165, 1.54) is 0 Å². The molecule has 94 valence electrons. The Labute approximate surface area is 111 Å². The van der Waals surface area contributed by atoms with E-state index in [2.05, 4.69) is 27.5 Å². The first-order valence-corrected chi connectivity index (χ1v) is 6.61. The Morgan fingerprint density at radius 1 is 1.41 bits per heavy atom. The van der Waals surface area contributed by atoms with Crippen LogP contribution in [0.5, 0.6) is 5.75 Å². The van der Waals surface area contributed by atoms with Crippen LogP contribution >= 0.6 is 15.9 Å². The lowest BCUT2D eigenvalue weighted by Gasteiger charge is -2.29. The van der Waals surface area contributed by atoms with Crippen LogP contribution in [0.25, 0.3) is 0 Å². The maximum Gasteiger partial charge on any atom is 0.124 e. The molecule has 4 heteroatoms. The fraction of sp³-hybridized carbons (Fsp3) is 0.538. The van der Waals surface area contributed by atoms with Gasteiger partial charge in [-0.05, 0) is 39.0 Å². The predicted molar refractivity (Wildman–Crippen MR) is 71.0 cm³/mol. The molecule has 0 saturated heterocycles. The smallest absolute Gasteiger partial charge is 0.124 e. The van der Waals surface area contributed by atoms with Crippen molar-refractivity contribution in [3.05, 3.63) is 28.2 Å². The van der Waals surface area contributed by atoms with Crippen molar-refractivity contribution in [1.82, 2.24) is 5.48 Å². The first-order valence-electron chi connectivity index (χ1n) is 5.81. The van der Waals surface area contributed by atoms with Gasteiger partial charge in [-0.3, -0.25) is 4.84 Å². The fourth-order valence-electron chi connectivity index (χ4n) is 1.74. The number of nitrogens with one attached hydrogen (secondary N) is 1. The highest BCUT2D eigenvalue weighted by Crippen LogP contribution is 2.34. The fourth-order valence-corrected chi connectivity index (χ4v) is 2.11. The van der Waals surface area contributed by atoms with Crippen LogP contribution in [0.1, 0.15) is 38.8 Å². The Balaban J connectivity index is 2.14. The molecule has 17 heavy (non-hydrogen) atoms. The number of hydrogen-bond donors (Lipinski definition) is 1. The third-order valence-corrected chi connectivity index (χ3v) is 3.01. The first-order chi connectivity index (χ1) is 7.96. The van der Waals surface area contributed by atoms with E-state index in [4.69, 9.17) is 9.57 Å². The van der Waals surface area contributed by atoms with Crippen LogP contribution in [0.4, 0.5) is 0 Å². The van der Waals surface area contributed by atoms with E-state index >= 15 is 0 Å². The van der Waals surface area contributed by atoms with Gasteiger partial charge in [0.25, 0.3) is 0 Å². The van der Waals surface area contributed by atoms with Crippen LogP contribution in [-0.4, -0.2) is 12.2 Å². The monoisotopic (exact) mass is 299 g/mol. The lowest BCUT2D eigenvalue weighted by molar-refractivity contribution is -0.0933. The third-order valence-electron chi connectivity index (χ3n) is 2.52. The van der Waals surface area contributed by atoms with Crippen molar-refractivity contribution < 1.29 is 9.57 Å². The molecule has 0 spiro atoms. The molecular weight excluding hydrogens is 282 g/mol. The van der Waals surface area contributed by atoms with Crippen molar-refractivity contribution >= 4 is 15.9 Å². The minimum absolute atomic E-state index is 0.190. The van der Waals surface area contributed by atoms with Crippen LogP contribution < -0.4 is 10.2 Å². The summed E-state index contributed by atoms with van der Waals surface area (Å²) in [5.41, 5.74) is 4.10. The van der Waals surface area contributed by atoms with Crippen molar-refractivity contribution in [2.45, 2.75) is 38.8 Å². The minimum atomic E-state index is -0.190. The summed E-state index contributed by atoms with van der Waals surface area (Å²) >= 11 is 3.48. The number of hydrogen-bond acceptors (Lipinski definition) is 3. The molecule has 1 aliphatic rings. The Bertz CT molecular complexity index is 401. The van der Waals surface area contributed by atoms with E-state index in [9.17, 15) is 0 Å². The molecule has 1 aromatic rings. The summed E-state index contributed by atoms with van der Waals surface area (Å²) in [5, 5.41) is 0. The van der Waals surface area contributed by atoms with E-state index in [0.717, 1.165) is 28.8 Å². The summed E-state index contributed by atoms with van der Waals surface area (Å²) in [7, 11) is 0. The van der Waals surface area contributed by atoms with Crippen LogP contribution in [0, 0.1) is 0 Å². The van der Waals surface area contributed by atoms with Crippen molar-refractivity contribution in [3.63, 3.8) is 0 Å². The summed E-state index contributed by atoms with van der Waals surface area (Å²) in [4.78, 5) is 5.64. The van der Waals surface area contributed by atoms with Crippen LogP contribution in [-0.2, 0) is 4.84 Å². The molecule has 0 radical (unpaired) electrons. The van der Waals surface area contributed by atoms with Crippen molar-refractivity contribution in [2.75, 3.05) is 6.61 Å². The average Bonchev–Trinajstić information content (AvgIpc) is 2.25. The molecule has 0 bridgehead atoms. The Morgan fingerprint density at radius 3 is 2.88 bits per heavy atom. The van der Waals surface area contributed by atoms with E-state index in [1.807, 2.05) is 32.9 Å². The van der Waals surface area contributed by atoms with Gasteiger partial charge in [0.15, 0.2) is 0 Å². The van der Waals surface area contributed by atoms with Crippen LogP contribution in [0.15, 0.2) is 22.7 Å². The van der Waals surface area contributed by atoms with Crippen molar-refractivity contribution in [2.24, 2.45) is 0 Å². The van der Waals surface area contributed by atoms with Crippen molar-refractivity contribution in [3.8, 4) is 5.75 Å². The first kappa shape index (κ1) is 12.9. The van der Waals surface area contributed by atoms with Gasteiger partial charge >= 0.3 is 0 Å². The van der Waals surface area contributed by atoms with Crippen molar-refractivity contribution in [1.29, 1.82) is 0 Å². The molecule has 3 nitrogen and oxygen atoms in total. The number of benzene rings is 1. The number of hydroxylamine groups is 1. The summed E-state index contributed by atoms with van der Waals surface area (Å²) in [6.07, 6.45) is 0.916. The predicted octanol–water partition coefficient (Wildman–Crippen LogP) is 3.59. The molecule has 0 saturated carbocycles. The Kier molecular flexibility index (Phi) is 3.76. The second-order valence-corrected chi connectivity index (χ2v) is 6.12. The molecule has 1 N–H and O–H groups in total. The highest BCUT2D eigenvalue weighted by Gasteiger charge is 2.23. The SMILES string of the molecule is CC(C)(C)ONC1CCOc2ccc(Br)cc21. The molecule has 1 atom stereocenters. The van der Waals surface area contributed by atoms with Gasteiger partial charge in [0, 0.05) is 16.5 Å². The third kappa shape index (κ3) is 3.44. The number of ether oxygens (including phenoxy) is 1. The lowest BCUT2D eigenvalue weighted by Crippen LogP contribution is -2.34. The highest BCUT2D eigenvalue weighted by atomic mass is 79.9. The van der Waals surface area contributed by atoms with Gasteiger partial charge in [-0.25, -0.2) is 0 Å². The number of rotatable bonds is 2. The minimum Gasteiger partial charge on any atom is -0.493 e. The van der Waals surface area contributed by atoms with E-state index in [-0.39, 0.29) is 11.6 Å². The molecule has 0 amide bonds. The van der Waals surface area contributed by atoms with Gasteiger partial charge in [-0.1, -0.05) is 15.9 Å². The van der Waals surface area contributed by atoms with Gasteiger partial charge in [0.05, 0.1) is 18.2 Å². The van der Waals surface area contributed by atoms with E-state index in [1.54, 1.807) is 0 Å². The Hall–Kier alpha value is -0.580. The zero-order valence-corrected chi connectivity index (χ0v) is 12.0. The van der Waals surface area contributed by atoms with Gasteiger partial charge in [0.1, 0.15) is 5.75 Å². The summed E-state index contributed by atoms with van der Waals surface area (Å²) in [5.74, 6) is 0.939. The molecule has 1 aliphatic heterocycles. The average molecular weight is 300 g/mol. The quantitative estimate of drug-likeness (QED) is 0.847. The van der Waals surface area contributed by atoms with Gasteiger partial charge < -0.3 is 4.74 Å². The number of halogens is 1. The second kappa shape index (κ2) is 4.96. The van der Waals surface area contributed by atoms with Gasteiger partial charge in [-0.2, -0.15) is 5.48 Å². The zero-order valence-electron chi connectivity index (χ0n) is 10.4. The molecule has 1 unspecified atom stereocenters. The maximum absolute atomic E-state index is 5.64. The summed E-state index contributed by atoms with van der Waals surface area (Å²) < 4.78 is 6.68. The lowest BCUT2D eigenvalue weighted by atomic mass is 10.0. The van der Waals surface area contributed by atoms with Crippen LogP contribution in [0.3, 0.4) is 0 Å². The number of fused-ring (bicyclic) bond motifs is 1. The normalized spacial score (nSPS) is 19.6. The summed E-state index contributed by atoms with van der Waals surface area (Å²) in [6.45, 7) is 6.81. The summed E-state index contributed by atoms with van der Waals surface area (Å²) in [6, 6.07) is 6.25. The zero-order chi connectivity index (χ0) is 12.5. The molecule has 1 heterocycles. The molecule has 2 rings (SSSR count). The molecule has 0 aromatic heterocycles. The van der Waals surface area contributed by atoms with E-state index < -0.39 is 0 Å².